The number of rotatable bonds is 8. The lowest BCUT2D eigenvalue weighted by Crippen LogP contribution is -2.31. The Hall–Kier alpha value is -3.04. The number of furan rings is 1. The number of aryl methyl sites for hydroxylation is 1. The molecule has 0 aliphatic carbocycles. The van der Waals surface area contributed by atoms with Crippen LogP contribution in [0.4, 0.5) is 0 Å². The van der Waals surface area contributed by atoms with Gasteiger partial charge in [0.1, 0.15) is 0 Å². The van der Waals surface area contributed by atoms with Gasteiger partial charge in [-0.05, 0) is 30.7 Å². The van der Waals surface area contributed by atoms with Crippen molar-refractivity contribution < 1.29 is 17.6 Å². The predicted octanol–water partition coefficient (Wildman–Crippen LogP) is 2.03. The van der Waals surface area contributed by atoms with Crippen LogP contribution in [0.3, 0.4) is 0 Å². The number of amides is 1. The zero-order chi connectivity index (χ0) is 20.0. The first kappa shape index (κ1) is 19.7. The molecule has 9 heteroatoms. The Morgan fingerprint density at radius 3 is 2.75 bits per heavy atom. The maximum atomic E-state index is 12.3. The van der Waals surface area contributed by atoms with Gasteiger partial charge in [-0.2, -0.15) is 0 Å². The van der Waals surface area contributed by atoms with Crippen LogP contribution in [0.2, 0.25) is 0 Å². The monoisotopic (exact) mass is 400 g/mol. The van der Waals surface area contributed by atoms with Crippen molar-refractivity contribution in [3.05, 3.63) is 66.5 Å². The van der Waals surface area contributed by atoms with Gasteiger partial charge in [0.2, 0.25) is 15.9 Å². The Morgan fingerprint density at radius 2 is 2.00 bits per heavy atom. The molecule has 0 saturated carbocycles. The molecule has 3 rings (SSSR count). The fourth-order valence-electron chi connectivity index (χ4n) is 2.57. The molecule has 0 aliphatic heterocycles. The van der Waals surface area contributed by atoms with Gasteiger partial charge in [0, 0.05) is 30.9 Å². The van der Waals surface area contributed by atoms with E-state index in [4.69, 9.17) is 4.42 Å². The van der Waals surface area contributed by atoms with Gasteiger partial charge < -0.3 is 9.73 Å². The van der Waals surface area contributed by atoms with E-state index in [1.807, 2.05) is 13.0 Å². The summed E-state index contributed by atoms with van der Waals surface area (Å²) in [6.07, 6.45) is 6.20. The van der Waals surface area contributed by atoms with E-state index >= 15 is 0 Å². The summed E-state index contributed by atoms with van der Waals surface area (Å²) >= 11 is 0. The number of carbonyl (C=O) groups excluding carboxylic acids is 1. The van der Waals surface area contributed by atoms with E-state index in [2.05, 4.69) is 20.0 Å². The smallest absolute Gasteiger partial charge is 0.240 e. The van der Waals surface area contributed by atoms with Crippen LogP contribution >= 0.6 is 0 Å². The third-order valence-electron chi connectivity index (χ3n) is 3.97. The maximum Gasteiger partial charge on any atom is 0.240 e. The number of hydrogen-bond acceptors (Lipinski definition) is 6. The molecule has 2 aromatic heterocycles. The van der Waals surface area contributed by atoms with Crippen molar-refractivity contribution in [2.75, 3.05) is 6.54 Å². The molecule has 2 N–H and O–H groups in total. The highest BCUT2D eigenvalue weighted by atomic mass is 32.2. The van der Waals surface area contributed by atoms with E-state index in [9.17, 15) is 13.2 Å². The first-order chi connectivity index (χ1) is 13.5. The van der Waals surface area contributed by atoms with Gasteiger partial charge in [-0.1, -0.05) is 12.1 Å². The molecular formula is C19H20N4O4S. The minimum Gasteiger partial charge on any atom is -0.472 e. The highest BCUT2D eigenvalue weighted by Gasteiger charge is 2.15. The molecule has 0 aliphatic rings. The van der Waals surface area contributed by atoms with Crippen LogP contribution in [0.15, 0.2) is 64.6 Å². The van der Waals surface area contributed by atoms with E-state index in [-0.39, 0.29) is 30.3 Å². The lowest BCUT2D eigenvalue weighted by molar-refractivity contribution is -0.121. The summed E-state index contributed by atoms with van der Waals surface area (Å²) in [6.45, 7) is 1.99. The van der Waals surface area contributed by atoms with Gasteiger partial charge >= 0.3 is 0 Å². The van der Waals surface area contributed by atoms with Crippen molar-refractivity contribution in [2.45, 2.75) is 24.8 Å². The van der Waals surface area contributed by atoms with Crippen molar-refractivity contribution in [1.82, 2.24) is 20.0 Å². The van der Waals surface area contributed by atoms with Crippen LogP contribution in [0.1, 0.15) is 17.7 Å². The van der Waals surface area contributed by atoms with Gasteiger partial charge in [0.15, 0.2) is 0 Å². The second-order valence-corrected chi connectivity index (χ2v) is 7.87. The summed E-state index contributed by atoms with van der Waals surface area (Å²) in [5, 5.41) is 2.73. The summed E-state index contributed by atoms with van der Waals surface area (Å²) in [5.41, 5.74) is 2.83. The molecule has 0 saturated heterocycles. The number of hydrogen-bond donors (Lipinski definition) is 2. The number of nitrogens with zero attached hydrogens (tertiary/aromatic N) is 2. The molecule has 3 aromatic rings. The third kappa shape index (κ3) is 5.02. The van der Waals surface area contributed by atoms with Crippen LogP contribution in [0.25, 0.3) is 11.3 Å². The Balaban J connectivity index is 1.52. The predicted molar refractivity (Wildman–Crippen MR) is 103 cm³/mol. The Bertz CT molecular complexity index is 1050. The average Bonchev–Trinajstić information content (AvgIpc) is 3.21. The molecule has 28 heavy (non-hydrogen) atoms. The second-order valence-electron chi connectivity index (χ2n) is 6.10. The van der Waals surface area contributed by atoms with E-state index < -0.39 is 10.0 Å². The molecule has 1 aromatic carbocycles. The van der Waals surface area contributed by atoms with E-state index in [0.29, 0.717) is 11.4 Å². The second kappa shape index (κ2) is 8.77. The van der Waals surface area contributed by atoms with Gasteiger partial charge in [0.05, 0.1) is 35.4 Å². The summed E-state index contributed by atoms with van der Waals surface area (Å²) < 4.78 is 32.0. The summed E-state index contributed by atoms with van der Waals surface area (Å²) in [7, 11) is -3.64. The molecule has 0 radical (unpaired) electrons. The van der Waals surface area contributed by atoms with Gasteiger partial charge in [-0.25, -0.2) is 13.1 Å². The highest BCUT2D eigenvalue weighted by Crippen LogP contribution is 2.19. The zero-order valence-corrected chi connectivity index (χ0v) is 16.1. The number of carbonyl (C=O) groups is 1. The molecular weight excluding hydrogens is 380 g/mol. The highest BCUT2D eigenvalue weighted by molar-refractivity contribution is 7.89. The largest absolute Gasteiger partial charge is 0.472 e. The standard InChI is InChI=1S/C19H20N4O4S/c1-14-3-2-4-16(11-14)28(25,26)23-7-5-18(24)22-12-17-19(21-9-8-20-17)15-6-10-27-13-15/h2-4,6,8-11,13,23H,5,7,12H2,1H3,(H,22,24). The topological polar surface area (TPSA) is 114 Å². The van der Waals surface area contributed by atoms with Crippen LogP contribution in [-0.4, -0.2) is 30.8 Å². The normalized spacial score (nSPS) is 11.3. The van der Waals surface area contributed by atoms with E-state index in [1.165, 1.54) is 12.3 Å². The summed E-state index contributed by atoms with van der Waals surface area (Å²) in [5.74, 6) is -0.296. The number of benzene rings is 1. The molecule has 1 amide bonds. The van der Waals surface area contributed by atoms with Crippen molar-refractivity contribution in [3.63, 3.8) is 0 Å². The van der Waals surface area contributed by atoms with Crippen LogP contribution in [-0.2, 0) is 21.4 Å². The summed E-state index contributed by atoms with van der Waals surface area (Å²) in [4.78, 5) is 20.8. The first-order valence-corrected chi connectivity index (χ1v) is 10.1. The van der Waals surface area contributed by atoms with Gasteiger partial charge in [0.25, 0.3) is 0 Å². The molecule has 0 atom stereocenters. The Morgan fingerprint density at radius 1 is 1.18 bits per heavy atom. The van der Waals surface area contributed by atoms with Gasteiger partial charge in [-0.15, -0.1) is 0 Å². The van der Waals surface area contributed by atoms with Crippen molar-refractivity contribution in [2.24, 2.45) is 0 Å². The fourth-order valence-corrected chi connectivity index (χ4v) is 3.71. The van der Waals surface area contributed by atoms with Crippen LogP contribution in [0, 0.1) is 6.92 Å². The molecule has 0 spiro atoms. The quantitative estimate of drug-likeness (QED) is 0.598. The molecule has 146 valence electrons. The average molecular weight is 400 g/mol. The lowest BCUT2D eigenvalue weighted by atomic mass is 10.2. The van der Waals surface area contributed by atoms with Crippen molar-refractivity contribution in [1.29, 1.82) is 0 Å². The zero-order valence-electron chi connectivity index (χ0n) is 15.3. The van der Waals surface area contributed by atoms with Gasteiger partial charge in [-0.3, -0.25) is 14.8 Å². The van der Waals surface area contributed by atoms with Crippen LogP contribution in [0.5, 0.6) is 0 Å². The van der Waals surface area contributed by atoms with Crippen LogP contribution < -0.4 is 10.0 Å². The molecule has 0 fully saturated rings. The van der Waals surface area contributed by atoms with Crippen molar-refractivity contribution >= 4 is 15.9 Å². The third-order valence-corrected chi connectivity index (χ3v) is 5.42. The summed E-state index contributed by atoms with van der Waals surface area (Å²) in [6, 6.07) is 8.34. The fraction of sp³-hybridized carbons (Fsp3) is 0.211. The molecule has 0 bridgehead atoms. The van der Waals surface area contributed by atoms with E-state index in [1.54, 1.807) is 36.9 Å². The SMILES string of the molecule is Cc1cccc(S(=O)(=O)NCCC(=O)NCc2nccnc2-c2ccoc2)c1. The molecule has 2 heterocycles. The number of nitrogens with one attached hydrogen (secondary N) is 2. The minimum absolute atomic E-state index is 0.00281. The minimum atomic E-state index is -3.64. The maximum absolute atomic E-state index is 12.3. The lowest BCUT2D eigenvalue weighted by Gasteiger charge is -2.09. The van der Waals surface area contributed by atoms with Crippen molar-refractivity contribution in [3.8, 4) is 11.3 Å². The molecule has 0 unspecified atom stereocenters. The first-order valence-electron chi connectivity index (χ1n) is 8.61. The molecule has 8 nitrogen and oxygen atoms in total. The van der Waals surface area contributed by atoms with E-state index in [0.717, 1.165) is 11.1 Å². The Kier molecular flexibility index (Phi) is 6.17. The Labute approximate surface area is 163 Å². The number of aromatic nitrogens is 2. The number of sulfonamides is 1.